The van der Waals surface area contributed by atoms with Crippen LogP contribution in [0.4, 0.5) is 10.5 Å². The number of carbonyl (C=O) groups is 1. The van der Waals surface area contributed by atoms with Crippen LogP contribution in [-0.4, -0.2) is 49.0 Å². The van der Waals surface area contributed by atoms with Gasteiger partial charge in [-0.05, 0) is 67.7 Å². The molecule has 1 aromatic carbocycles. The third kappa shape index (κ3) is 3.10. The zero-order chi connectivity index (χ0) is 18.5. The van der Waals surface area contributed by atoms with Gasteiger partial charge in [0.2, 0.25) is 10.0 Å². The van der Waals surface area contributed by atoms with Crippen molar-refractivity contribution >= 4 is 21.7 Å². The summed E-state index contributed by atoms with van der Waals surface area (Å²) in [7, 11) is -3.75. The van der Waals surface area contributed by atoms with E-state index in [0.29, 0.717) is 0 Å². The number of benzene rings is 1. The number of hydrogen-bond acceptors (Lipinski definition) is 5. The second-order valence-electron chi connectivity index (χ2n) is 7.54. The number of rotatable bonds is 4. The first kappa shape index (κ1) is 17.8. The normalized spacial score (nSPS) is 21.0. The Morgan fingerprint density at radius 2 is 1.73 bits per heavy atom. The highest BCUT2D eigenvalue weighted by atomic mass is 32.2. The molecule has 1 atom stereocenters. The molecule has 1 aliphatic heterocycles. The van der Waals surface area contributed by atoms with Gasteiger partial charge in [0.15, 0.2) is 0 Å². The van der Waals surface area contributed by atoms with E-state index >= 15 is 0 Å². The second-order valence-corrected chi connectivity index (χ2v) is 9.50. The number of likely N-dealkylation sites (tertiary alicyclic amines) is 1. The van der Waals surface area contributed by atoms with Gasteiger partial charge in [-0.2, -0.15) is 0 Å². The van der Waals surface area contributed by atoms with Gasteiger partial charge >= 0.3 is 6.03 Å². The molecule has 2 amide bonds. The van der Waals surface area contributed by atoms with Crippen LogP contribution < -0.4 is 10.0 Å². The molecule has 4 rings (SSSR count). The third-order valence-corrected chi connectivity index (χ3v) is 7.44. The Bertz CT molecular complexity index is 812. The summed E-state index contributed by atoms with van der Waals surface area (Å²) in [6.45, 7) is 2.06. The molecule has 0 aromatic heterocycles. The number of carbonyl (C=O) groups excluding carboxylic acids is 1. The second kappa shape index (κ2) is 6.51. The molecule has 1 saturated heterocycles. The maximum atomic E-state index is 12.4. The molecular weight excluding hydrogens is 354 g/mol. The Hall–Kier alpha value is -1.64. The SMILES string of the molecule is CC(O)N1CC(S(=O)(=O)NC(=O)Nc2c3c(cc4c2CCC4)CCC3)C1. The minimum Gasteiger partial charge on any atom is -0.379 e. The van der Waals surface area contributed by atoms with Gasteiger partial charge in [0, 0.05) is 18.8 Å². The summed E-state index contributed by atoms with van der Waals surface area (Å²) in [5.74, 6) is 0. The lowest BCUT2D eigenvalue weighted by Crippen LogP contribution is -2.60. The summed E-state index contributed by atoms with van der Waals surface area (Å²) in [6.07, 6.45) is 5.37. The maximum Gasteiger partial charge on any atom is 0.332 e. The van der Waals surface area contributed by atoms with Crippen molar-refractivity contribution in [2.24, 2.45) is 0 Å². The molecule has 0 radical (unpaired) electrons. The number of nitrogens with zero attached hydrogens (tertiary/aromatic N) is 1. The van der Waals surface area contributed by atoms with E-state index in [2.05, 4.69) is 16.1 Å². The van der Waals surface area contributed by atoms with Crippen molar-refractivity contribution < 1.29 is 18.3 Å². The molecule has 26 heavy (non-hydrogen) atoms. The Labute approximate surface area is 153 Å². The summed E-state index contributed by atoms with van der Waals surface area (Å²) in [5.41, 5.74) is 5.74. The van der Waals surface area contributed by atoms with Gasteiger partial charge in [0.1, 0.15) is 11.5 Å². The molecule has 142 valence electrons. The smallest absolute Gasteiger partial charge is 0.332 e. The van der Waals surface area contributed by atoms with Gasteiger partial charge < -0.3 is 10.4 Å². The van der Waals surface area contributed by atoms with E-state index in [1.54, 1.807) is 11.8 Å². The van der Waals surface area contributed by atoms with Gasteiger partial charge in [-0.1, -0.05) is 6.07 Å². The lowest BCUT2D eigenvalue weighted by atomic mass is 9.99. The molecule has 0 saturated carbocycles. The standard InChI is InChI=1S/C18H25N3O4S/c1-11(22)21-9-14(10-21)26(24,25)20-18(23)19-17-15-6-2-4-12(15)8-13-5-3-7-16(13)17/h8,11,14,22H,2-7,9-10H2,1H3,(H2,19,20,23). The van der Waals surface area contributed by atoms with Crippen molar-refractivity contribution in [2.75, 3.05) is 18.4 Å². The fourth-order valence-electron chi connectivity index (χ4n) is 4.29. The van der Waals surface area contributed by atoms with E-state index in [4.69, 9.17) is 0 Å². The van der Waals surface area contributed by atoms with Crippen LogP contribution in [0.3, 0.4) is 0 Å². The molecular formula is C18H25N3O4S. The highest BCUT2D eigenvalue weighted by Crippen LogP contribution is 2.38. The number of hydrogen-bond donors (Lipinski definition) is 3. The maximum absolute atomic E-state index is 12.4. The zero-order valence-corrected chi connectivity index (χ0v) is 15.7. The van der Waals surface area contributed by atoms with E-state index in [0.717, 1.165) is 44.2 Å². The number of aliphatic hydroxyl groups is 1. The number of nitrogens with one attached hydrogen (secondary N) is 2. The van der Waals surface area contributed by atoms with E-state index in [-0.39, 0.29) is 13.1 Å². The lowest BCUT2D eigenvalue weighted by Gasteiger charge is -2.40. The first-order valence-corrected chi connectivity index (χ1v) is 10.8. The number of urea groups is 1. The summed E-state index contributed by atoms with van der Waals surface area (Å²) in [4.78, 5) is 14.1. The average Bonchev–Trinajstić information content (AvgIpc) is 3.12. The van der Waals surface area contributed by atoms with Gasteiger partial charge in [0.05, 0.1) is 0 Å². The first-order chi connectivity index (χ1) is 12.3. The third-order valence-electron chi connectivity index (χ3n) is 5.79. The summed E-state index contributed by atoms with van der Waals surface area (Å²) in [5, 5.41) is 11.6. The summed E-state index contributed by atoms with van der Waals surface area (Å²) in [6, 6.07) is 1.58. The van der Waals surface area contributed by atoms with Gasteiger partial charge in [-0.3, -0.25) is 4.90 Å². The molecule has 3 aliphatic rings. The number of aryl methyl sites for hydroxylation is 2. The van der Waals surface area contributed by atoms with Gasteiger partial charge in [0.25, 0.3) is 0 Å². The van der Waals surface area contributed by atoms with E-state index in [1.165, 1.54) is 22.3 Å². The van der Waals surface area contributed by atoms with Crippen LogP contribution in [0.2, 0.25) is 0 Å². The number of amides is 2. The van der Waals surface area contributed by atoms with Crippen molar-refractivity contribution in [1.29, 1.82) is 0 Å². The molecule has 1 fully saturated rings. The van der Waals surface area contributed by atoms with E-state index in [9.17, 15) is 18.3 Å². The number of aliphatic hydroxyl groups excluding tert-OH is 1. The molecule has 3 N–H and O–H groups in total. The zero-order valence-electron chi connectivity index (χ0n) is 14.9. The number of sulfonamides is 1. The van der Waals surface area contributed by atoms with Crippen LogP contribution >= 0.6 is 0 Å². The Balaban J connectivity index is 1.48. The minimum atomic E-state index is -3.75. The van der Waals surface area contributed by atoms with Gasteiger partial charge in [-0.25, -0.2) is 17.9 Å². The van der Waals surface area contributed by atoms with Crippen molar-refractivity contribution in [1.82, 2.24) is 9.62 Å². The fourth-order valence-corrected chi connectivity index (χ4v) is 5.54. The largest absolute Gasteiger partial charge is 0.379 e. The van der Waals surface area contributed by atoms with Crippen molar-refractivity contribution in [3.8, 4) is 0 Å². The topological polar surface area (TPSA) is 98.7 Å². The average molecular weight is 379 g/mol. The predicted molar refractivity (Wildman–Crippen MR) is 98.6 cm³/mol. The minimum absolute atomic E-state index is 0.233. The van der Waals surface area contributed by atoms with Crippen LogP contribution in [0, 0.1) is 0 Å². The van der Waals surface area contributed by atoms with Gasteiger partial charge in [-0.15, -0.1) is 0 Å². The van der Waals surface area contributed by atoms with Crippen molar-refractivity contribution in [3.05, 3.63) is 28.3 Å². The number of fused-ring (bicyclic) bond motifs is 2. The van der Waals surface area contributed by atoms with Crippen LogP contribution in [0.5, 0.6) is 0 Å². The molecule has 1 aromatic rings. The van der Waals surface area contributed by atoms with Crippen molar-refractivity contribution in [3.63, 3.8) is 0 Å². The highest BCUT2D eigenvalue weighted by Gasteiger charge is 2.40. The Morgan fingerprint density at radius 1 is 1.15 bits per heavy atom. The quantitative estimate of drug-likeness (QED) is 0.729. The monoisotopic (exact) mass is 379 g/mol. The summed E-state index contributed by atoms with van der Waals surface area (Å²) >= 11 is 0. The van der Waals surface area contributed by atoms with E-state index in [1.807, 2.05) is 0 Å². The highest BCUT2D eigenvalue weighted by molar-refractivity contribution is 7.90. The Kier molecular flexibility index (Phi) is 4.45. The van der Waals surface area contributed by atoms with Crippen LogP contribution in [0.25, 0.3) is 0 Å². The molecule has 1 heterocycles. The van der Waals surface area contributed by atoms with Crippen LogP contribution in [-0.2, 0) is 35.7 Å². The number of anilines is 1. The molecule has 1 unspecified atom stereocenters. The lowest BCUT2D eigenvalue weighted by molar-refractivity contribution is -0.0183. The van der Waals surface area contributed by atoms with Crippen molar-refractivity contribution in [2.45, 2.75) is 56.9 Å². The molecule has 2 aliphatic carbocycles. The molecule has 0 spiro atoms. The molecule has 7 nitrogen and oxygen atoms in total. The summed E-state index contributed by atoms with van der Waals surface area (Å²) < 4.78 is 26.9. The van der Waals surface area contributed by atoms with Crippen LogP contribution in [0.15, 0.2) is 6.07 Å². The van der Waals surface area contributed by atoms with E-state index < -0.39 is 27.5 Å². The Morgan fingerprint density at radius 3 is 2.27 bits per heavy atom. The molecule has 8 heteroatoms. The van der Waals surface area contributed by atoms with Crippen LogP contribution in [0.1, 0.15) is 42.0 Å². The molecule has 0 bridgehead atoms. The fraction of sp³-hybridized carbons (Fsp3) is 0.611. The predicted octanol–water partition coefficient (Wildman–Crippen LogP) is 1.14. The first-order valence-electron chi connectivity index (χ1n) is 9.26.